The molecule has 4 N–H and O–H groups in total. The first kappa shape index (κ1) is 25.5. The Morgan fingerprint density at radius 2 is 0.719 bits per heavy atom. The van der Waals surface area contributed by atoms with Crippen molar-refractivity contribution in [3.05, 3.63) is 0 Å². The molecule has 0 aliphatic carbocycles. The second-order valence-electron chi connectivity index (χ2n) is 8.76. The van der Waals surface area contributed by atoms with Gasteiger partial charge in [0, 0.05) is 0 Å². The molecule has 0 saturated carbocycles. The third-order valence-electron chi connectivity index (χ3n) is 6.52. The Labute approximate surface area is 188 Å². The molecule has 2 aliphatic heterocycles. The number of urea groups is 2. The number of hydrogen-bond donors (Lipinski definition) is 4. The smallest absolute Gasteiger partial charge is 0.277 e. The van der Waals surface area contributed by atoms with E-state index >= 15 is 0 Å². The van der Waals surface area contributed by atoms with E-state index in [1.54, 1.807) is 0 Å². The van der Waals surface area contributed by atoms with Crippen LogP contribution in [-0.4, -0.2) is 35.7 Å². The Morgan fingerprint density at radius 1 is 0.469 bits per heavy atom. The highest BCUT2D eigenvalue weighted by Crippen LogP contribution is 2.37. The van der Waals surface area contributed by atoms with Gasteiger partial charge >= 0.3 is 12.1 Å². The van der Waals surface area contributed by atoms with Crippen molar-refractivity contribution in [2.45, 2.75) is 90.9 Å². The zero-order chi connectivity index (χ0) is 23.8. The monoisotopic (exact) mass is 450 g/mol. The van der Waals surface area contributed by atoms with E-state index in [0.29, 0.717) is 38.5 Å². The Kier molecular flexibility index (Phi) is 8.91. The summed E-state index contributed by atoms with van der Waals surface area (Å²) in [6.45, 7) is 4.03. The van der Waals surface area contributed by atoms with E-state index in [0.717, 1.165) is 25.7 Å². The second kappa shape index (κ2) is 11.2. The summed E-state index contributed by atoms with van der Waals surface area (Å²) in [5.74, 6) is -2.39. The van der Waals surface area contributed by atoms with Gasteiger partial charge in [0.1, 0.15) is 10.8 Å². The average Bonchev–Trinajstić information content (AvgIpc) is 2.72. The number of rotatable bonds is 13. The lowest BCUT2D eigenvalue weighted by atomic mass is 9.72. The van der Waals surface area contributed by atoms with Crippen LogP contribution in [0.15, 0.2) is 0 Å². The minimum absolute atomic E-state index is 0.203. The molecule has 0 spiro atoms. The quantitative estimate of drug-likeness (QED) is 0.250. The Bertz CT molecular complexity index is 674. The van der Waals surface area contributed by atoms with Crippen molar-refractivity contribution in [3.63, 3.8) is 0 Å². The van der Waals surface area contributed by atoms with Crippen molar-refractivity contribution < 1.29 is 28.8 Å². The zero-order valence-corrected chi connectivity index (χ0v) is 18.9. The molecule has 2 rings (SSSR count). The number of carbonyl (C=O) groups excluding carboxylic acids is 6. The Hall–Kier alpha value is -2.78. The molecule has 0 aromatic carbocycles. The molecule has 10 nitrogen and oxygen atoms in total. The van der Waals surface area contributed by atoms with Gasteiger partial charge in [0.25, 0.3) is 0 Å². The van der Waals surface area contributed by atoms with Crippen LogP contribution in [0.4, 0.5) is 9.59 Å². The molecule has 0 aromatic rings. The molecule has 2 saturated heterocycles. The van der Waals surface area contributed by atoms with E-state index in [4.69, 9.17) is 0 Å². The van der Waals surface area contributed by atoms with Crippen LogP contribution >= 0.6 is 0 Å². The maximum Gasteiger partial charge on any atom is 0.328 e. The second-order valence-corrected chi connectivity index (χ2v) is 8.76. The average molecular weight is 451 g/mol. The maximum absolute atomic E-state index is 12.6. The fourth-order valence-corrected chi connectivity index (χ4v) is 4.53. The summed E-state index contributed by atoms with van der Waals surface area (Å²) in [6.07, 6.45) is 6.74. The van der Waals surface area contributed by atoms with Gasteiger partial charge in [-0.1, -0.05) is 65.2 Å². The van der Waals surface area contributed by atoms with E-state index in [1.807, 2.05) is 13.8 Å². The topological polar surface area (TPSA) is 151 Å². The molecule has 0 bridgehead atoms. The van der Waals surface area contributed by atoms with E-state index in [1.165, 1.54) is 0 Å². The van der Waals surface area contributed by atoms with Crippen LogP contribution in [0.2, 0.25) is 0 Å². The van der Waals surface area contributed by atoms with Gasteiger partial charge in [-0.05, 0) is 25.7 Å². The van der Waals surface area contributed by atoms with Crippen molar-refractivity contribution in [1.29, 1.82) is 0 Å². The summed E-state index contributed by atoms with van der Waals surface area (Å²) >= 11 is 0. The molecule has 0 unspecified atom stereocenters. The number of carbonyl (C=O) groups is 6. The zero-order valence-electron chi connectivity index (χ0n) is 18.9. The lowest BCUT2D eigenvalue weighted by Crippen LogP contribution is -2.62. The molecular formula is C22H34N4O6. The number of barbiturate groups is 2. The lowest BCUT2D eigenvalue weighted by Gasteiger charge is -2.36. The highest BCUT2D eigenvalue weighted by Gasteiger charge is 2.51. The van der Waals surface area contributed by atoms with Gasteiger partial charge in [0.05, 0.1) is 0 Å². The van der Waals surface area contributed by atoms with Crippen molar-refractivity contribution in [2.24, 2.45) is 10.8 Å². The Morgan fingerprint density at radius 3 is 0.969 bits per heavy atom. The minimum atomic E-state index is -1.34. The van der Waals surface area contributed by atoms with Crippen LogP contribution in [-0.2, 0) is 19.2 Å². The molecular weight excluding hydrogens is 416 g/mol. The summed E-state index contributed by atoms with van der Waals surface area (Å²) in [5.41, 5.74) is -2.68. The molecule has 0 radical (unpaired) electrons. The van der Waals surface area contributed by atoms with Gasteiger partial charge in [0.15, 0.2) is 0 Å². The van der Waals surface area contributed by atoms with Crippen LogP contribution in [0.1, 0.15) is 90.9 Å². The standard InChI is InChI=1S/C22H34N4O6/c1-3-5-7-11-21(15(27)23-19(31)24-16(21)28)13-9-10-14-22(12-8-6-4-2)17(29)25-20(32)26-18(22)30/h3-14H2,1-2H3,(H2,23,24,27,28,31)(H2,25,26,29,30,32). The molecule has 2 aliphatic rings. The predicted octanol–water partition coefficient (Wildman–Crippen LogP) is 2.41. The number of hydrogen-bond acceptors (Lipinski definition) is 6. The van der Waals surface area contributed by atoms with E-state index in [2.05, 4.69) is 21.3 Å². The molecule has 178 valence electrons. The van der Waals surface area contributed by atoms with Gasteiger partial charge in [-0.15, -0.1) is 0 Å². The third kappa shape index (κ3) is 5.52. The SMILES string of the molecule is CCCCCC1(CCCCC2(CCCCC)C(=O)NC(=O)NC2=O)C(=O)NC(=O)NC1=O. The summed E-state index contributed by atoms with van der Waals surface area (Å²) in [6, 6.07) is -1.64. The van der Waals surface area contributed by atoms with Crippen molar-refractivity contribution in [1.82, 2.24) is 21.3 Å². The van der Waals surface area contributed by atoms with Crippen molar-refractivity contribution in [3.8, 4) is 0 Å². The van der Waals surface area contributed by atoms with E-state index in [9.17, 15) is 28.8 Å². The molecule has 2 fully saturated rings. The van der Waals surface area contributed by atoms with Crippen LogP contribution < -0.4 is 21.3 Å². The van der Waals surface area contributed by atoms with Crippen LogP contribution in [0, 0.1) is 10.8 Å². The molecule has 2 heterocycles. The fourth-order valence-electron chi connectivity index (χ4n) is 4.53. The first-order valence-electron chi connectivity index (χ1n) is 11.6. The highest BCUT2D eigenvalue weighted by atomic mass is 16.2. The normalized spacial score (nSPS) is 19.8. The van der Waals surface area contributed by atoms with E-state index in [-0.39, 0.29) is 12.8 Å². The highest BCUT2D eigenvalue weighted by molar-refractivity contribution is 6.19. The molecule has 0 aromatic heterocycles. The number of nitrogens with one attached hydrogen (secondary N) is 4. The van der Waals surface area contributed by atoms with Gasteiger partial charge < -0.3 is 0 Å². The lowest BCUT2D eigenvalue weighted by molar-refractivity contribution is -0.148. The number of imide groups is 4. The number of amides is 8. The van der Waals surface area contributed by atoms with Gasteiger partial charge in [-0.25, -0.2) is 9.59 Å². The van der Waals surface area contributed by atoms with Crippen LogP contribution in [0.5, 0.6) is 0 Å². The van der Waals surface area contributed by atoms with E-state index < -0.39 is 46.5 Å². The predicted molar refractivity (Wildman–Crippen MR) is 115 cm³/mol. The van der Waals surface area contributed by atoms with Gasteiger partial charge in [-0.2, -0.15) is 0 Å². The first-order valence-corrected chi connectivity index (χ1v) is 11.6. The molecule has 8 amide bonds. The third-order valence-corrected chi connectivity index (χ3v) is 6.52. The molecule has 10 heteroatoms. The summed E-state index contributed by atoms with van der Waals surface area (Å²) in [4.78, 5) is 73.6. The summed E-state index contributed by atoms with van der Waals surface area (Å²) in [7, 11) is 0. The minimum Gasteiger partial charge on any atom is -0.277 e. The summed E-state index contributed by atoms with van der Waals surface area (Å²) in [5, 5.41) is 8.81. The Balaban J connectivity index is 2.09. The van der Waals surface area contributed by atoms with Crippen LogP contribution in [0.3, 0.4) is 0 Å². The van der Waals surface area contributed by atoms with Gasteiger partial charge in [-0.3, -0.25) is 40.4 Å². The summed E-state index contributed by atoms with van der Waals surface area (Å²) < 4.78 is 0. The molecule has 32 heavy (non-hydrogen) atoms. The van der Waals surface area contributed by atoms with Crippen LogP contribution in [0.25, 0.3) is 0 Å². The van der Waals surface area contributed by atoms with Gasteiger partial charge in [0.2, 0.25) is 23.6 Å². The number of unbranched alkanes of at least 4 members (excludes halogenated alkanes) is 5. The van der Waals surface area contributed by atoms with Crippen molar-refractivity contribution >= 4 is 35.7 Å². The van der Waals surface area contributed by atoms with Crippen molar-refractivity contribution in [2.75, 3.05) is 0 Å². The largest absolute Gasteiger partial charge is 0.328 e. The fraction of sp³-hybridized carbons (Fsp3) is 0.727. The maximum atomic E-state index is 12.6. The first-order chi connectivity index (χ1) is 15.2. The molecule has 0 atom stereocenters.